The van der Waals surface area contributed by atoms with Crippen LogP contribution in [0.4, 0.5) is 22.0 Å². The number of rotatable bonds is 8. The highest BCUT2D eigenvalue weighted by Crippen LogP contribution is 2.21. The van der Waals surface area contributed by atoms with Gasteiger partial charge in [0, 0.05) is 18.9 Å². The number of likely N-dealkylation sites (N-methyl/N-ethyl adjacent to an activating group) is 1. The zero-order valence-electron chi connectivity index (χ0n) is 13.8. The van der Waals surface area contributed by atoms with Crippen molar-refractivity contribution in [2.45, 2.75) is 32.0 Å². The van der Waals surface area contributed by atoms with Crippen molar-refractivity contribution in [3.63, 3.8) is 0 Å². The second-order valence-corrected chi connectivity index (χ2v) is 5.75. The number of aliphatic hydroxyl groups excluding tert-OH is 1. The first-order valence-corrected chi connectivity index (χ1v) is 7.62. The summed E-state index contributed by atoms with van der Waals surface area (Å²) in [7, 11) is 1.63. The zero-order chi connectivity index (χ0) is 19.3. The maximum atomic E-state index is 12.5. The van der Waals surface area contributed by atoms with Crippen molar-refractivity contribution in [2.75, 3.05) is 13.6 Å². The summed E-state index contributed by atoms with van der Waals surface area (Å²) >= 11 is 0. The highest BCUT2D eigenvalue weighted by molar-refractivity contribution is 5.28. The molecule has 0 aliphatic rings. The third kappa shape index (κ3) is 6.26. The molecular weight excluding hydrogens is 361 g/mol. The largest absolute Gasteiger partial charge is 0.435 e. The van der Waals surface area contributed by atoms with Gasteiger partial charge >= 0.3 is 12.8 Å². The molecule has 1 aromatic carbocycles. The average Bonchev–Trinajstić information content (AvgIpc) is 2.92. The lowest BCUT2D eigenvalue weighted by molar-refractivity contribution is -0.141. The maximum Gasteiger partial charge on any atom is 0.406 e. The molecular formula is C16H18F5N3O2. The van der Waals surface area contributed by atoms with E-state index in [0.717, 1.165) is 4.57 Å². The smallest absolute Gasteiger partial charge is 0.406 e. The minimum Gasteiger partial charge on any atom is -0.435 e. The van der Waals surface area contributed by atoms with Crippen LogP contribution in [0.1, 0.15) is 17.5 Å². The minimum atomic E-state index is -4.35. The van der Waals surface area contributed by atoms with Gasteiger partial charge < -0.3 is 14.4 Å². The number of nitrogens with zero attached hydrogens (tertiary/aromatic N) is 3. The van der Waals surface area contributed by atoms with Crippen molar-refractivity contribution >= 4 is 0 Å². The lowest BCUT2D eigenvalue weighted by Crippen LogP contribution is -2.27. The van der Waals surface area contributed by atoms with E-state index in [1.54, 1.807) is 11.9 Å². The molecule has 0 amide bonds. The van der Waals surface area contributed by atoms with Crippen LogP contribution in [-0.2, 0) is 13.1 Å². The van der Waals surface area contributed by atoms with Gasteiger partial charge in [0.15, 0.2) is 0 Å². The van der Waals surface area contributed by atoms with E-state index in [2.05, 4.69) is 9.72 Å². The van der Waals surface area contributed by atoms with Crippen LogP contribution in [0.2, 0.25) is 0 Å². The molecule has 1 heterocycles. The van der Waals surface area contributed by atoms with Gasteiger partial charge in [-0.15, -0.1) is 0 Å². The molecule has 0 spiro atoms. The molecule has 0 saturated heterocycles. The van der Waals surface area contributed by atoms with Gasteiger partial charge in [-0.05, 0) is 24.7 Å². The molecule has 0 fully saturated rings. The Morgan fingerprint density at radius 3 is 2.46 bits per heavy atom. The van der Waals surface area contributed by atoms with Gasteiger partial charge in [-0.3, -0.25) is 4.90 Å². The first kappa shape index (κ1) is 20.1. The number of benzene rings is 1. The van der Waals surface area contributed by atoms with Crippen molar-refractivity contribution in [1.82, 2.24) is 14.5 Å². The van der Waals surface area contributed by atoms with Gasteiger partial charge in [-0.1, -0.05) is 12.1 Å². The number of hydrogen-bond acceptors (Lipinski definition) is 4. The predicted molar refractivity (Wildman–Crippen MR) is 82.6 cm³/mol. The summed E-state index contributed by atoms with van der Waals surface area (Å²) in [5, 5.41) is 10.2. The second-order valence-electron chi connectivity index (χ2n) is 5.75. The van der Waals surface area contributed by atoms with Crippen molar-refractivity contribution < 1.29 is 31.8 Å². The van der Waals surface area contributed by atoms with Gasteiger partial charge in [-0.2, -0.15) is 22.0 Å². The van der Waals surface area contributed by atoms with Crippen LogP contribution >= 0.6 is 0 Å². The quantitative estimate of drug-likeness (QED) is 0.716. The summed E-state index contributed by atoms with van der Waals surface area (Å²) in [6.45, 7) is -3.84. The standard InChI is InChI=1S/C16H18F5N3O2/c1-23(9-14-22-6-7-24(14)10-16(19,20)21)8-13(25)11-2-4-12(5-3-11)26-15(17)18/h2-7,13,15,25H,8-10H2,1H3. The van der Waals surface area contributed by atoms with E-state index in [1.165, 1.54) is 36.7 Å². The topological polar surface area (TPSA) is 50.5 Å². The lowest BCUT2D eigenvalue weighted by Gasteiger charge is -2.21. The third-order valence-corrected chi connectivity index (χ3v) is 3.54. The SMILES string of the molecule is CN(Cc1nccn1CC(F)(F)F)CC(O)c1ccc(OC(F)F)cc1. The van der Waals surface area contributed by atoms with Crippen LogP contribution in [0.5, 0.6) is 5.75 Å². The van der Waals surface area contributed by atoms with Crippen LogP contribution in [-0.4, -0.2) is 45.9 Å². The Balaban J connectivity index is 1.93. The first-order chi connectivity index (χ1) is 12.1. The number of ether oxygens (including phenoxy) is 1. The summed E-state index contributed by atoms with van der Waals surface area (Å²) < 4.78 is 67.0. The van der Waals surface area contributed by atoms with E-state index in [4.69, 9.17) is 0 Å². The normalized spacial score (nSPS) is 13.4. The van der Waals surface area contributed by atoms with Crippen molar-refractivity contribution in [1.29, 1.82) is 0 Å². The van der Waals surface area contributed by atoms with Crippen molar-refractivity contribution in [2.24, 2.45) is 0 Å². The Hall–Kier alpha value is -2.20. The average molecular weight is 379 g/mol. The number of halogens is 5. The molecule has 5 nitrogen and oxygen atoms in total. The molecule has 26 heavy (non-hydrogen) atoms. The molecule has 1 unspecified atom stereocenters. The van der Waals surface area contributed by atoms with Crippen LogP contribution < -0.4 is 4.74 Å². The van der Waals surface area contributed by atoms with Crippen molar-refractivity contribution in [3.05, 3.63) is 48.0 Å². The maximum absolute atomic E-state index is 12.5. The van der Waals surface area contributed by atoms with Crippen LogP contribution in [0.25, 0.3) is 0 Å². The summed E-state index contributed by atoms with van der Waals surface area (Å²) in [6, 6.07) is 5.50. The van der Waals surface area contributed by atoms with Gasteiger partial charge in [0.25, 0.3) is 0 Å². The molecule has 144 valence electrons. The number of aliphatic hydroxyl groups is 1. The van der Waals surface area contributed by atoms with Crippen LogP contribution in [0.15, 0.2) is 36.7 Å². The van der Waals surface area contributed by atoms with Crippen molar-refractivity contribution in [3.8, 4) is 5.75 Å². The molecule has 1 aromatic heterocycles. The molecule has 1 atom stereocenters. The molecule has 0 bridgehead atoms. The molecule has 1 N–H and O–H groups in total. The second kappa shape index (κ2) is 8.45. The Morgan fingerprint density at radius 2 is 1.88 bits per heavy atom. The third-order valence-electron chi connectivity index (χ3n) is 3.54. The number of alkyl halides is 5. The highest BCUT2D eigenvalue weighted by atomic mass is 19.4. The molecule has 2 rings (SSSR count). The number of aromatic nitrogens is 2. The Bertz CT molecular complexity index is 688. The molecule has 0 aliphatic heterocycles. The molecule has 2 aromatic rings. The zero-order valence-corrected chi connectivity index (χ0v) is 13.8. The number of imidazole rings is 1. The number of hydrogen-bond donors (Lipinski definition) is 1. The van der Waals surface area contributed by atoms with E-state index in [-0.39, 0.29) is 24.7 Å². The van der Waals surface area contributed by atoms with Gasteiger partial charge in [0.05, 0.1) is 12.6 Å². The monoisotopic (exact) mass is 379 g/mol. The fraction of sp³-hybridized carbons (Fsp3) is 0.438. The van der Waals surface area contributed by atoms with Crippen LogP contribution in [0, 0.1) is 0 Å². The molecule has 0 saturated carbocycles. The summed E-state index contributed by atoms with van der Waals surface area (Å²) in [6.07, 6.45) is -2.77. The minimum absolute atomic E-state index is 0.0292. The highest BCUT2D eigenvalue weighted by Gasteiger charge is 2.29. The molecule has 10 heteroatoms. The van der Waals surface area contributed by atoms with E-state index < -0.39 is 25.4 Å². The molecule has 0 aliphatic carbocycles. The Morgan fingerprint density at radius 1 is 1.23 bits per heavy atom. The Kier molecular flexibility index (Phi) is 6.54. The van der Waals surface area contributed by atoms with Gasteiger partial charge in [0.1, 0.15) is 18.1 Å². The van der Waals surface area contributed by atoms with E-state index in [9.17, 15) is 27.1 Å². The fourth-order valence-electron chi connectivity index (χ4n) is 2.41. The van der Waals surface area contributed by atoms with Gasteiger partial charge in [-0.25, -0.2) is 4.98 Å². The summed E-state index contributed by atoms with van der Waals surface area (Å²) in [5.41, 5.74) is 0.470. The van der Waals surface area contributed by atoms with E-state index in [0.29, 0.717) is 5.56 Å². The lowest BCUT2D eigenvalue weighted by atomic mass is 10.1. The predicted octanol–water partition coefficient (Wildman–Crippen LogP) is 3.21. The van der Waals surface area contributed by atoms with E-state index in [1.807, 2.05) is 0 Å². The Labute approximate surface area is 146 Å². The summed E-state index contributed by atoms with van der Waals surface area (Å²) in [4.78, 5) is 5.53. The summed E-state index contributed by atoms with van der Waals surface area (Å²) in [5.74, 6) is 0.191. The van der Waals surface area contributed by atoms with Crippen LogP contribution in [0.3, 0.4) is 0 Å². The first-order valence-electron chi connectivity index (χ1n) is 7.62. The fourth-order valence-corrected chi connectivity index (χ4v) is 2.41. The van der Waals surface area contributed by atoms with E-state index >= 15 is 0 Å². The van der Waals surface area contributed by atoms with Gasteiger partial charge in [0.2, 0.25) is 0 Å². The molecule has 0 radical (unpaired) electrons.